The zero-order chi connectivity index (χ0) is 20.4. The zero-order valence-corrected chi connectivity index (χ0v) is 17.1. The molecule has 0 aliphatic carbocycles. The number of methoxy groups -OCH3 is 2. The molecule has 1 amide bonds. The smallest absolute Gasteiger partial charge is 0.234 e. The third-order valence-corrected chi connectivity index (χ3v) is 5.25. The van der Waals surface area contributed by atoms with Gasteiger partial charge in [-0.05, 0) is 30.3 Å². The van der Waals surface area contributed by atoms with E-state index in [1.807, 2.05) is 12.1 Å². The summed E-state index contributed by atoms with van der Waals surface area (Å²) in [6, 6.07) is 10.6. The number of halogens is 1. The number of nitrogens with zero attached hydrogens (tertiary/aromatic N) is 3. The van der Waals surface area contributed by atoms with E-state index < -0.39 is 0 Å². The Balaban J connectivity index is 1.46. The van der Waals surface area contributed by atoms with Crippen molar-refractivity contribution in [3.05, 3.63) is 41.4 Å². The summed E-state index contributed by atoms with van der Waals surface area (Å²) >= 11 is 7.24. The Labute approximate surface area is 175 Å². The summed E-state index contributed by atoms with van der Waals surface area (Å²) in [5.41, 5.74) is 2.66. The van der Waals surface area contributed by atoms with E-state index in [0.29, 0.717) is 38.5 Å². The fourth-order valence-electron chi connectivity index (χ4n) is 2.81. The van der Waals surface area contributed by atoms with Crippen molar-refractivity contribution in [3.8, 4) is 11.5 Å². The lowest BCUT2D eigenvalue weighted by molar-refractivity contribution is -0.113. The van der Waals surface area contributed by atoms with E-state index in [9.17, 15) is 4.79 Å². The average molecular weight is 430 g/mol. The number of hydrogen-bond donors (Lipinski definition) is 2. The lowest BCUT2D eigenvalue weighted by Gasteiger charge is -2.11. The average Bonchev–Trinajstić information content (AvgIpc) is 3.09. The molecule has 2 aromatic heterocycles. The molecule has 4 aromatic rings. The van der Waals surface area contributed by atoms with Gasteiger partial charge in [-0.1, -0.05) is 23.4 Å². The number of aromatic nitrogens is 4. The van der Waals surface area contributed by atoms with Crippen LogP contribution in [0.1, 0.15) is 0 Å². The van der Waals surface area contributed by atoms with E-state index in [1.54, 1.807) is 31.4 Å². The van der Waals surface area contributed by atoms with Crippen molar-refractivity contribution >= 4 is 57.0 Å². The first-order valence-electron chi connectivity index (χ1n) is 8.53. The summed E-state index contributed by atoms with van der Waals surface area (Å²) in [5, 5.41) is 13.0. The third kappa shape index (κ3) is 4.06. The highest BCUT2D eigenvalue weighted by molar-refractivity contribution is 7.99. The number of aromatic amines is 1. The second-order valence-corrected chi connectivity index (χ2v) is 7.39. The number of fused-ring (bicyclic) bond motifs is 3. The van der Waals surface area contributed by atoms with E-state index in [4.69, 9.17) is 21.1 Å². The SMILES string of the molecule is COc1ccc(NC(=O)CSc2nnc3c(n2)[nH]c2ccc(Cl)cc23)c(OC)c1. The molecule has 0 spiro atoms. The van der Waals surface area contributed by atoms with Crippen molar-refractivity contribution < 1.29 is 14.3 Å². The summed E-state index contributed by atoms with van der Waals surface area (Å²) < 4.78 is 10.4. The van der Waals surface area contributed by atoms with Crippen molar-refractivity contribution in [2.24, 2.45) is 0 Å². The molecule has 8 nitrogen and oxygen atoms in total. The molecule has 0 aliphatic heterocycles. The van der Waals surface area contributed by atoms with E-state index in [-0.39, 0.29) is 11.7 Å². The van der Waals surface area contributed by atoms with Crippen molar-refractivity contribution in [1.29, 1.82) is 0 Å². The summed E-state index contributed by atoms with van der Waals surface area (Å²) in [6.07, 6.45) is 0. The molecule has 2 aromatic carbocycles. The number of benzene rings is 2. The molecule has 0 aliphatic rings. The maximum absolute atomic E-state index is 12.3. The zero-order valence-electron chi connectivity index (χ0n) is 15.5. The Morgan fingerprint density at radius 1 is 1.17 bits per heavy atom. The number of rotatable bonds is 6. The minimum absolute atomic E-state index is 0.119. The van der Waals surface area contributed by atoms with E-state index in [0.717, 1.165) is 10.9 Å². The highest BCUT2D eigenvalue weighted by atomic mass is 35.5. The fraction of sp³-hybridized carbons (Fsp3) is 0.158. The summed E-state index contributed by atoms with van der Waals surface area (Å²) in [7, 11) is 3.09. The molecular formula is C19H16ClN5O3S. The Hall–Kier alpha value is -3.04. The quantitative estimate of drug-likeness (QED) is 0.448. The van der Waals surface area contributed by atoms with Gasteiger partial charge in [-0.25, -0.2) is 4.98 Å². The summed E-state index contributed by atoms with van der Waals surface area (Å²) in [4.78, 5) is 20.0. The standard InChI is InChI=1S/C19H16ClN5O3S/c1-27-11-4-6-14(15(8-11)28-2)21-16(26)9-29-19-23-18-17(24-25-19)12-7-10(20)3-5-13(12)22-18/h3-8H,9H2,1-2H3,(H,21,26)(H,22,23,25). The molecule has 0 radical (unpaired) electrons. The molecule has 2 N–H and O–H groups in total. The third-order valence-electron chi connectivity index (χ3n) is 4.17. The molecule has 0 atom stereocenters. The van der Waals surface area contributed by atoms with Crippen LogP contribution in [0.4, 0.5) is 5.69 Å². The normalized spacial score (nSPS) is 11.0. The molecule has 4 rings (SSSR count). The number of H-pyrrole nitrogens is 1. The number of thioether (sulfide) groups is 1. The predicted molar refractivity (Wildman–Crippen MR) is 113 cm³/mol. The van der Waals surface area contributed by atoms with Gasteiger partial charge in [0.05, 0.1) is 25.7 Å². The maximum atomic E-state index is 12.3. The second-order valence-electron chi connectivity index (χ2n) is 6.01. The molecule has 29 heavy (non-hydrogen) atoms. The number of anilines is 1. The van der Waals surface area contributed by atoms with Gasteiger partial charge in [0, 0.05) is 22.0 Å². The number of hydrogen-bond acceptors (Lipinski definition) is 7. The minimum Gasteiger partial charge on any atom is -0.497 e. The van der Waals surface area contributed by atoms with Crippen LogP contribution in [0.25, 0.3) is 22.1 Å². The van der Waals surface area contributed by atoms with Crippen molar-refractivity contribution in [1.82, 2.24) is 20.2 Å². The van der Waals surface area contributed by atoms with Crippen LogP contribution in [0.2, 0.25) is 5.02 Å². The first-order valence-corrected chi connectivity index (χ1v) is 9.90. The van der Waals surface area contributed by atoms with Crippen LogP contribution in [0.15, 0.2) is 41.6 Å². The maximum Gasteiger partial charge on any atom is 0.234 e. The number of ether oxygens (including phenoxy) is 2. The molecule has 148 valence electrons. The lowest BCUT2D eigenvalue weighted by atomic mass is 10.2. The number of carbonyl (C=O) groups is 1. The van der Waals surface area contributed by atoms with Crippen molar-refractivity contribution in [2.75, 3.05) is 25.3 Å². The number of carbonyl (C=O) groups excluding carboxylic acids is 1. The van der Waals surface area contributed by atoms with Crippen molar-refractivity contribution in [3.63, 3.8) is 0 Å². The molecule has 0 unspecified atom stereocenters. The minimum atomic E-state index is -0.217. The topological polar surface area (TPSA) is 102 Å². The van der Waals surface area contributed by atoms with E-state index in [1.165, 1.54) is 18.9 Å². The van der Waals surface area contributed by atoms with E-state index >= 15 is 0 Å². The van der Waals surface area contributed by atoms with Gasteiger partial charge in [0.25, 0.3) is 0 Å². The molecule has 0 saturated heterocycles. The van der Waals surface area contributed by atoms with E-state index in [2.05, 4.69) is 25.5 Å². The summed E-state index contributed by atoms with van der Waals surface area (Å²) in [6.45, 7) is 0. The van der Waals surface area contributed by atoms with Crippen molar-refractivity contribution in [2.45, 2.75) is 5.16 Å². The fourth-order valence-corrected chi connectivity index (χ4v) is 3.57. The van der Waals surface area contributed by atoms with Gasteiger partial charge >= 0.3 is 0 Å². The Morgan fingerprint density at radius 2 is 2.03 bits per heavy atom. The van der Waals surface area contributed by atoms with Gasteiger partial charge in [0.2, 0.25) is 11.1 Å². The lowest BCUT2D eigenvalue weighted by Crippen LogP contribution is -2.15. The Morgan fingerprint density at radius 3 is 2.83 bits per heavy atom. The Bertz CT molecular complexity index is 1210. The Kier molecular flexibility index (Phi) is 5.41. The predicted octanol–water partition coefficient (Wildman–Crippen LogP) is 3.91. The number of amides is 1. The van der Waals surface area contributed by atoms with Crippen LogP contribution in [0.5, 0.6) is 11.5 Å². The van der Waals surface area contributed by atoms with Crippen LogP contribution in [0.3, 0.4) is 0 Å². The van der Waals surface area contributed by atoms with Gasteiger partial charge in [0.15, 0.2) is 5.65 Å². The van der Waals surface area contributed by atoms with Gasteiger partial charge in [-0.15, -0.1) is 10.2 Å². The van der Waals surface area contributed by atoms with Crippen LogP contribution in [-0.4, -0.2) is 46.0 Å². The first kappa shape index (κ1) is 19.3. The van der Waals surface area contributed by atoms with Crippen LogP contribution in [-0.2, 0) is 4.79 Å². The molecule has 0 fully saturated rings. The van der Waals surface area contributed by atoms with Crippen LogP contribution >= 0.6 is 23.4 Å². The highest BCUT2D eigenvalue weighted by Gasteiger charge is 2.13. The molecule has 0 saturated carbocycles. The first-order chi connectivity index (χ1) is 14.1. The second kappa shape index (κ2) is 8.14. The monoisotopic (exact) mass is 429 g/mol. The van der Waals surface area contributed by atoms with Gasteiger partial charge in [-0.3, -0.25) is 4.79 Å². The van der Waals surface area contributed by atoms with Gasteiger partial charge in [0.1, 0.15) is 17.0 Å². The largest absolute Gasteiger partial charge is 0.497 e. The molecule has 2 heterocycles. The highest BCUT2D eigenvalue weighted by Crippen LogP contribution is 2.29. The van der Waals surface area contributed by atoms with Crippen LogP contribution < -0.4 is 14.8 Å². The summed E-state index contributed by atoms with van der Waals surface area (Å²) in [5.74, 6) is 1.06. The van der Waals surface area contributed by atoms with Gasteiger partial charge in [-0.2, -0.15) is 0 Å². The molecule has 10 heteroatoms. The molecular weight excluding hydrogens is 414 g/mol. The molecule has 0 bridgehead atoms. The number of nitrogens with one attached hydrogen (secondary N) is 2. The van der Waals surface area contributed by atoms with Gasteiger partial charge < -0.3 is 19.8 Å². The van der Waals surface area contributed by atoms with Crippen LogP contribution in [0, 0.1) is 0 Å².